The van der Waals surface area contributed by atoms with Crippen LogP contribution in [0.4, 0.5) is 0 Å². The van der Waals surface area contributed by atoms with Crippen molar-refractivity contribution in [2.24, 2.45) is 5.73 Å². The molecule has 6 heteroatoms. The molecule has 0 amide bonds. The van der Waals surface area contributed by atoms with Gasteiger partial charge in [-0.25, -0.2) is 0 Å². The minimum atomic E-state index is -1.10. The fraction of sp³-hybridized carbons (Fsp3) is 0.273. The number of carbonyl (C=O) groups is 2. The average Bonchev–Trinajstić information content (AvgIpc) is 2.20. The fourth-order valence-corrected chi connectivity index (χ4v) is 1.33. The number of phenols is 1. The molecule has 0 spiro atoms. The van der Waals surface area contributed by atoms with Crippen molar-refractivity contribution in [1.82, 2.24) is 0 Å². The van der Waals surface area contributed by atoms with E-state index in [1.165, 1.54) is 19.1 Å². The number of hydrogen-bond acceptors (Lipinski definition) is 4. The summed E-state index contributed by atoms with van der Waals surface area (Å²) in [6.45, 7) is 1.33. The number of ketones is 1. The molecule has 0 bridgehead atoms. The van der Waals surface area contributed by atoms with Crippen molar-refractivity contribution in [2.45, 2.75) is 19.4 Å². The number of aliphatic carboxylic acids is 1. The van der Waals surface area contributed by atoms with E-state index < -0.39 is 12.0 Å². The van der Waals surface area contributed by atoms with Gasteiger partial charge < -0.3 is 15.9 Å². The largest absolute Gasteiger partial charge is 0.507 e. The Labute approximate surface area is 105 Å². The van der Waals surface area contributed by atoms with E-state index in [4.69, 9.17) is 10.8 Å². The smallest absolute Gasteiger partial charge is 0.320 e. The molecule has 94 valence electrons. The van der Waals surface area contributed by atoms with Crippen LogP contribution in [0.15, 0.2) is 18.2 Å². The van der Waals surface area contributed by atoms with Crippen LogP contribution in [0.3, 0.4) is 0 Å². The lowest BCUT2D eigenvalue weighted by Crippen LogP contribution is -2.32. The molecule has 0 aliphatic heterocycles. The van der Waals surface area contributed by atoms with Crippen molar-refractivity contribution in [2.75, 3.05) is 0 Å². The quantitative estimate of drug-likeness (QED) is 0.700. The van der Waals surface area contributed by atoms with E-state index in [0.29, 0.717) is 5.56 Å². The number of hydrogen-bond donors (Lipinski definition) is 3. The highest BCUT2D eigenvalue weighted by Gasteiger charge is 2.14. The predicted molar refractivity (Wildman–Crippen MR) is 64.7 cm³/mol. The van der Waals surface area contributed by atoms with Crippen molar-refractivity contribution in [3.05, 3.63) is 29.3 Å². The number of phenolic OH excluding ortho intramolecular Hbond substituents is 1. The third kappa shape index (κ3) is 4.05. The van der Waals surface area contributed by atoms with Crippen LogP contribution in [0, 0.1) is 0 Å². The molecule has 4 N–H and O–H groups in total. The van der Waals surface area contributed by atoms with E-state index in [1.807, 2.05) is 0 Å². The lowest BCUT2D eigenvalue weighted by molar-refractivity contribution is -0.138. The maximum absolute atomic E-state index is 11.1. The zero-order valence-electron chi connectivity index (χ0n) is 9.21. The van der Waals surface area contributed by atoms with Crippen molar-refractivity contribution in [3.8, 4) is 5.75 Å². The second-order valence-electron chi connectivity index (χ2n) is 3.56. The Bertz CT molecular complexity index is 433. The van der Waals surface area contributed by atoms with Crippen LogP contribution in [-0.2, 0) is 11.2 Å². The Morgan fingerprint density at radius 3 is 2.47 bits per heavy atom. The van der Waals surface area contributed by atoms with Gasteiger partial charge in [-0.2, -0.15) is 0 Å². The third-order valence-corrected chi connectivity index (χ3v) is 2.21. The molecule has 1 atom stereocenters. The minimum absolute atomic E-state index is 0. The van der Waals surface area contributed by atoms with E-state index in [2.05, 4.69) is 0 Å². The molecule has 5 nitrogen and oxygen atoms in total. The van der Waals surface area contributed by atoms with Crippen molar-refractivity contribution in [3.63, 3.8) is 0 Å². The van der Waals surface area contributed by atoms with Crippen LogP contribution in [-0.4, -0.2) is 28.0 Å². The highest BCUT2D eigenvalue weighted by Crippen LogP contribution is 2.19. The Morgan fingerprint density at radius 1 is 1.41 bits per heavy atom. The van der Waals surface area contributed by atoms with Crippen molar-refractivity contribution < 1.29 is 19.8 Å². The van der Waals surface area contributed by atoms with Crippen LogP contribution < -0.4 is 5.73 Å². The Balaban J connectivity index is 0.00000256. The summed E-state index contributed by atoms with van der Waals surface area (Å²) in [6, 6.07) is 3.36. The molecule has 17 heavy (non-hydrogen) atoms. The Kier molecular flexibility index (Phi) is 5.64. The second kappa shape index (κ2) is 6.22. The number of carboxylic acids is 1. The average molecular weight is 260 g/mol. The third-order valence-electron chi connectivity index (χ3n) is 2.21. The Hall–Kier alpha value is -1.59. The van der Waals surface area contributed by atoms with Gasteiger partial charge in [-0.05, 0) is 31.0 Å². The van der Waals surface area contributed by atoms with Crippen LogP contribution in [0.1, 0.15) is 22.8 Å². The number of carboxylic acid groups (broad SMARTS) is 1. The van der Waals surface area contributed by atoms with E-state index >= 15 is 0 Å². The summed E-state index contributed by atoms with van der Waals surface area (Å²) < 4.78 is 0. The van der Waals surface area contributed by atoms with Gasteiger partial charge in [0.1, 0.15) is 11.8 Å². The molecule has 0 unspecified atom stereocenters. The van der Waals surface area contributed by atoms with Crippen LogP contribution in [0.5, 0.6) is 5.75 Å². The maximum atomic E-state index is 11.1. The molecular weight excluding hydrogens is 246 g/mol. The highest BCUT2D eigenvalue weighted by molar-refractivity contribution is 5.96. The van der Waals surface area contributed by atoms with E-state index in [1.54, 1.807) is 6.07 Å². The van der Waals surface area contributed by atoms with Gasteiger partial charge in [0.2, 0.25) is 0 Å². The number of rotatable bonds is 4. The van der Waals surface area contributed by atoms with Crippen molar-refractivity contribution >= 4 is 24.2 Å². The van der Waals surface area contributed by atoms with E-state index in [9.17, 15) is 14.7 Å². The standard InChI is InChI=1S/C11H13NO4.ClH/c1-6(13)8-4-7(2-3-10(8)14)5-9(12)11(15)16;/h2-4,9,14H,5,12H2,1H3,(H,15,16);1H/t9-;/m0./s1. The molecule has 0 radical (unpaired) electrons. The number of nitrogens with two attached hydrogens (primary N) is 1. The zero-order valence-corrected chi connectivity index (χ0v) is 10.0. The monoisotopic (exact) mass is 259 g/mol. The number of Topliss-reactive ketones (excluding diaryl/α,β-unsaturated/α-hetero) is 1. The van der Waals surface area contributed by atoms with Crippen molar-refractivity contribution in [1.29, 1.82) is 0 Å². The second-order valence-corrected chi connectivity index (χ2v) is 3.56. The molecule has 0 aliphatic carbocycles. The summed E-state index contributed by atoms with van der Waals surface area (Å²) >= 11 is 0. The summed E-state index contributed by atoms with van der Waals surface area (Å²) in [5, 5.41) is 18.0. The van der Waals surface area contributed by atoms with Crippen LogP contribution in [0.25, 0.3) is 0 Å². The summed E-state index contributed by atoms with van der Waals surface area (Å²) in [6.07, 6.45) is 0.121. The SMILES string of the molecule is CC(=O)c1cc(C[C@H](N)C(=O)O)ccc1O.Cl. The normalized spacial score (nSPS) is 11.4. The molecule has 1 aromatic carbocycles. The number of aromatic hydroxyl groups is 1. The van der Waals surface area contributed by atoms with E-state index in [-0.39, 0.29) is 35.9 Å². The van der Waals surface area contributed by atoms with Gasteiger partial charge in [0.15, 0.2) is 5.78 Å². The van der Waals surface area contributed by atoms with Gasteiger partial charge in [0, 0.05) is 0 Å². The summed E-state index contributed by atoms with van der Waals surface area (Å²) in [5.74, 6) is -1.49. The van der Waals surface area contributed by atoms with Crippen LogP contribution in [0.2, 0.25) is 0 Å². The van der Waals surface area contributed by atoms with E-state index in [0.717, 1.165) is 0 Å². The van der Waals surface area contributed by atoms with Gasteiger partial charge in [0.25, 0.3) is 0 Å². The highest BCUT2D eigenvalue weighted by atomic mass is 35.5. The lowest BCUT2D eigenvalue weighted by atomic mass is 10.0. The molecule has 0 fully saturated rings. The van der Waals surface area contributed by atoms with Crippen LogP contribution >= 0.6 is 12.4 Å². The van der Waals surface area contributed by atoms with Gasteiger partial charge in [-0.3, -0.25) is 9.59 Å². The topological polar surface area (TPSA) is 101 Å². The van der Waals surface area contributed by atoms with Gasteiger partial charge >= 0.3 is 5.97 Å². The van der Waals surface area contributed by atoms with Gasteiger partial charge in [0.05, 0.1) is 5.56 Å². The number of carbonyl (C=O) groups excluding carboxylic acids is 1. The summed E-state index contributed by atoms with van der Waals surface area (Å²) in [4.78, 5) is 21.7. The maximum Gasteiger partial charge on any atom is 0.320 e. The first-order chi connectivity index (χ1) is 7.41. The molecule has 0 aromatic heterocycles. The first-order valence-corrected chi connectivity index (χ1v) is 4.73. The molecule has 1 aromatic rings. The molecule has 1 rings (SSSR count). The van der Waals surface area contributed by atoms with Gasteiger partial charge in [-0.15, -0.1) is 12.4 Å². The first-order valence-electron chi connectivity index (χ1n) is 4.73. The molecule has 0 aliphatic rings. The zero-order chi connectivity index (χ0) is 12.3. The first kappa shape index (κ1) is 15.4. The molecular formula is C11H14ClNO4. The fourth-order valence-electron chi connectivity index (χ4n) is 1.33. The molecule has 0 saturated carbocycles. The number of halogens is 1. The summed E-state index contributed by atoms with van der Waals surface area (Å²) in [7, 11) is 0. The lowest BCUT2D eigenvalue weighted by Gasteiger charge is -2.08. The predicted octanol–water partition coefficient (Wildman–Crippen LogP) is 0.971. The Morgan fingerprint density at radius 2 is 2.00 bits per heavy atom. The summed E-state index contributed by atoms with van der Waals surface area (Å²) in [5.41, 5.74) is 6.15. The minimum Gasteiger partial charge on any atom is -0.507 e. The molecule has 0 saturated heterocycles. The molecule has 0 heterocycles. The number of benzene rings is 1. The van der Waals surface area contributed by atoms with Gasteiger partial charge in [-0.1, -0.05) is 6.07 Å².